The molecule has 0 aliphatic rings. The quantitative estimate of drug-likeness (QED) is 0.294. The van der Waals surface area contributed by atoms with Crippen LogP contribution in [0.5, 0.6) is 0 Å². The summed E-state index contributed by atoms with van der Waals surface area (Å²) >= 11 is 0. The molecule has 0 aromatic carbocycles. The first-order valence-corrected chi connectivity index (χ1v) is 9.23. The van der Waals surface area contributed by atoms with E-state index in [2.05, 4.69) is 11.0 Å². The van der Waals surface area contributed by atoms with E-state index in [1.807, 2.05) is 47.5 Å². The van der Waals surface area contributed by atoms with Crippen molar-refractivity contribution in [3.8, 4) is 0 Å². The average molecular weight is 343 g/mol. The molecule has 0 spiro atoms. The van der Waals surface area contributed by atoms with Gasteiger partial charge >= 0.3 is 0 Å². The Morgan fingerprint density at radius 1 is 0.792 bits per heavy atom. The molecule has 0 aromatic heterocycles. The fourth-order valence-corrected chi connectivity index (χ4v) is 1.99. The Labute approximate surface area is 148 Å². The fourth-order valence-electron chi connectivity index (χ4n) is 1.99. The first-order valence-electron chi connectivity index (χ1n) is 9.23. The maximum Gasteiger partial charge on any atom is 0.147 e. The topological polar surface area (TPSA) is 59.6 Å². The van der Waals surface area contributed by atoms with Gasteiger partial charge in [0, 0.05) is 13.0 Å². The lowest BCUT2D eigenvalue weighted by molar-refractivity contribution is -0.0726. The van der Waals surface area contributed by atoms with Crippen LogP contribution in [-0.4, -0.2) is 23.7 Å². The predicted molar refractivity (Wildman–Crippen MR) is 99.0 cm³/mol. The minimum atomic E-state index is -0.311. The van der Waals surface area contributed by atoms with Crippen LogP contribution < -0.4 is 11.0 Å². The summed E-state index contributed by atoms with van der Waals surface area (Å²) in [6.45, 7) is 12.8. The van der Waals surface area contributed by atoms with E-state index in [9.17, 15) is 4.79 Å². The van der Waals surface area contributed by atoms with E-state index >= 15 is 0 Å². The molecule has 0 bridgehead atoms. The standard InChI is InChI=1S/C19H38N2O3/c1-18(2,3)23-20-15-13-11-9-7-8-10-12-14-17(16-22)21-24-19(4,5)6/h20-21H,7-15H2,1-6H3. The molecule has 0 aliphatic heterocycles. The summed E-state index contributed by atoms with van der Waals surface area (Å²) in [5.74, 6) is 1.93. The number of hydrogen-bond donors (Lipinski definition) is 2. The first-order chi connectivity index (χ1) is 11.1. The van der Waals surface area contributed by atoms with Gasteiger partial charge in [0.2, 0.25) is 0 Å². The zero-order valence-corrected chi connectivity index (χ0v) is 16.6. The van der Waals surface area contributed by atoms with Crippen molar-refractivity contribution in [3.63, 3.8) is 0 Å². The van der Waals surface area contributed by atoms with Crippen molar-refractivity contribution in [1.29, 1.82) is 0 Å². The molecule has 0 atom stereocenters. The molecule has 0 heterocycles. The summed E-state index contributed by atoms with van der Waals surface area (Å²) < 4.78 is 0. The second kappa shape index (κ2) is 12.5. The molecule has 0 aromatic rings. The smallest absolute Gasteiger partial charge is 0.147 e. The second-order valence-corrected chi connectivity index (χ2v) is 8.23. The minimum Gasteiger partial charge on any atom is -0.296 e. The molecule has 0 amide bonds. The summed E-state index contributed by atoms with van der Waals surface area (Å²) in [5, 5.41) is 0. The van der Waals surface area contributed by atoms with Crippen LogP contribution in [0.3, 0.4) is 0 Å². The molecule has 0 rings (SSSR count). The van der Waals surface area contributed by atoms with Crippen LogP contribution in [0.4, 0.5) is 0 Å². The molecule has 24 heavy (non-hydrogen) atoms. The van der Waals surface area contributed by atoms with Crippen LogP contribution in [0.25, 0.3) is 0 Å². The highest BCUT2D eigenvalue weighted by Crippen LogP contribution is 2.12. The summed E-state index contributed by atoms with van der Waals surface area (Å²) in [5.41, 5.74) is 5.82. The van der Waals surface area contributed by atoms with Gasteiger partial charge in [0.1, 0.15) is 11.6 Å². The van der Waals surface area contributed by atoms with E-state index in [-0.39, 0.29) is 11.2 Å². The number of allylic oxidation sites excluding steroid dienone is 1. The molecule has 5 heteroatoms. The van der Waals surface area contributed by atoms with E-state index < -0.39 is 0 Å². The third kappa shape index (κ3) is 17.5. The number of nitrogens with one attached hydrogen (secondary N) is 2. The summed E-state index contributed by atoms with van der Waals surface area (Å²) in [4.78, 5) is 21.7. The number of rotatable bonds is 13. The lowest BCUT2D eigenvalue weighted by atomic mass is 10.1. The van der Waals surface area contributed by atoms with Gasteiger partial charge in [0.25, 0.3) is 0 Å². The fraction of sp³-hybridized carbons (Fsp3) is 0.895. The maximum absolute atomic E-state index is 10.9. The van der Waals surface area contributed by atoms with Crippen molar-refractivity contribution in [3.05, 3.63) is 5.70 Å². The lowest BCUT2D eigenvalue weighted by Gasteiger charge is -2.20. The molecule has 0 radical (unpaired) electrons. The van der Waals surface area contributed by atoms with Gasteiger partial charge < -0.3 is 0 Å². The third-order valence-corrected chi connectivity index (χ3v) is 3.19. The van der Waals surface area contributed by atoms with Crippen molar-refractivity contribution in [2.45, 2.75) is 104 Å². The van der Waals surface area contributed by atoms with E-state index in [1.54, 1.807) is 0 Å². The number of carbonyl (C=O) groups excluding carboxylic acids is 1. The summed E-state index contributed by atoms with van der Waals surface area (Å²) in [7, 11) is 0. The largest absolute Gasteiger partial charge is 0.296 e. The van der Waals surface area contributed by atoms with Gasteiger partial charge in [-0.15, -0.1) is 0 Å². The molecule has 5 nitrogen and oxygen atoms in total. The summed E-state index contributed by atoms with van der Waals surface area (Å²) in [6, 6.07) is 0. The van der Waals surface area contributed by atoms with E-state index in [0.29, 0.717) is 12.1 Å². The van der Waals surface area contributed by atoms with E-state index in [1.165, 1.54) is 25.7 Å². The molecule has 0 saturated heterocycles. The van der Waals surface area contributed by atoms with Crippen LogP contribution in [0.2, 0.25) is 0 Å². The van der Waals surface area contributed by atoms with Crippen molar-refractivity contribution in [1.82, 2.24) is 11.0 Å². The van der Waals surface area contributed by atoms with Gasteiger partial charge in [-0.1, -0.05) is 32.1 Å². The Bertz CT molecular complexity index is 364. The molecule has 0 unspecified atom stereocenters. The molecule has 0 saturated carbocycles. The molecule has 142 valence electrons. The highest BCUT2D eigenvalue weighted by atomic mass is 16.7. The van der Waals surface area contributed by atoms with Gasteiger partial charge in [0.15, 0.2) is 0 Å². The Kier molecular flexibility index (Phi) is 12.0. The molecular weight excluding hydrogens is 304 g/mol. The first kappa shape index (κ1) is 23.1. The lowest BCUT2D eigenvalue weighted by Crippen LogP contribution is -2.29. The number of unbranched alkanes of at least 4 members (excludes halogenated alkanes) is 6. The van der Waals surface area contributed by atoms with Crippen LogP contribution in [0.15, 0.2) is 5.70 Å². The SMILES string of the molecule is CC(C)(C)ONCCCCCCCCCC(=C=O)NOC(C)(C)C. The Morgan fingerprint density at radius 2 is 1.29 bits per heavy atom. The molecular formula is C19H38N2O3. The van der Waals surface area contributed by atoms with Gasteiger partial charge in [-0.2, -0.15) is 0 Å². The molecule has 0 fully saturated rings. The maximum atomic E-state index is 10.9. The van der Waals surface area contributed by atoms with Gasteiger partial charge in [-0.05, 0) is 54.4 Å². The van der Waals surface area contributed by atoms with Crippen LogP contribution in [-0.2, 0) is 14.5 Å². The highest BCUT2D eigenvalue weighted by molar-refractivity contribution is 5.50. The minimum absolute atomic E-state index is 0.123. The van der Waals surface area contributed by atoms with Crippen molar-refractivity contribution < 1.29 is 14.5 Å². The molecule has 2 N–H and O–H groups in total. The van der Waals surface area contributed by atoms with E-state index in [4.69, 9.17) is 9.68 Å². The number of hydrogen-bond acceptors (Lipinski definition) is 5. The Balaban J connectivity index is 3.43. The normalized spacial score (nSPS) is 12.1. The third-order valence-electron chi connectivity index (χ3n) is 3.19. The van der Waals surface area contributed by atoms with Crippen LogP contribution in [0.1, 0.15) is 92.9 Å². The van der Waals surface area contributed by atoms with Gasteiger partial charge in [0.05, 0.1) is 11.2 Å². The van der Waals surface area contributed by atoms with Crippen molar-refractivity contribution >= 4 is 5.94 Å². The Hall–Kier alpha value is -0.870. The zero-order valence-electron chi connectivity index (χ0n) is 16.6. The predicted octanol–water partition coefficient (Wildman–Crippen LogP) is 4.46. The average Bonchev–Trinajstić information content (AvgIpc) is 2.45. The summed E-state index contributed by atoms with van der Waals surface area (Å²) in [6.07, 6.45) is 8.89. The van der Waals surface area contributed by atoms with Crippen LogP contribution in [0, 0.1) is 0 Å². The highest BCUT2D eigenvalue weighted by Gasteiger charge is 2.11. The van der Waals surface area contributed by atoms with Gasteiger partial charge in [-0.25, -0.2) is 10.3 Å². The number of hydroxylamine groups is 2. The van der Waals surface area contributed by atoms with Crippen LogP contribution >= 0.6 is 0 Å². The van der Waals surface area contributed by atoms with Gasteiger partial charge in [-0.3, -0.25) is 15.2 Å². The van der Waals surface area contributed by atoms with Crippen molar-refractivity contribution in [2.24, 2.45) is 0 Å². The van der Waals surface area contributed by atoms with E-state index in [0.717, 1.165) is 25.8 Å². The monoisotopic (exact) mass is 342 g/mol. The van der Waals surface area contributed by atoms with Crippen molar-refractivity contribution in [2.75, 3.05) is 6.54 Å². The second-order valence-electron chi connectivity index (χ2n) is 8.23. The molecule has 0 aliphatic carbocycles. The Morgan fingerprint density at radius 3 is 1.79 bits per heavy atom. The zero-order chi connectivity index (χ0) is 18.5.